The van der Waals surface area contributed by atoms with Crippen molar-refractivity contribution in [2.45, 2.75) is 0 Å². The van der Waals surface area contributed by atoms with Crippen LogP contribution in [-0.2, 0) is 0 Å². The molecule has 8 heteroatoms. The number of hydrogen-bond acceptors (Lipinski definition) is 6. The molecule has 1 amide bonds. The average molecular weight is 335 g/mol. The number of hydrogen-bond donors (Lipinski definition) is 0. The highest BCUT2D eigenvalue weighted by Crippen LogP contribution is 2.14. The summed E-state index contributed by atoms with van der Waals surface area (Å²) in [4.78, 5) is 25.4. The predicted octanol–water partition coefficient (Wildman–Crippen LogP) is 1.02. The van der Waals surface area contributed by atoms with Gasteiger partial charge in [-0.15, -0.1) is 10.2 Å². The average Bonchev–Trinajstić information content (AvgIpc) is 3.23. The van der Waals surface area contributed by atoms with Crippen molar-refractivity contribution in [3.63, 3.8) is 0 Å². The summed E-state index contributed by atoms with van der Waals surface area (Å²) in [6.07, 6.45) is 6.53. The van der Waals surface area contributed by atoms with Crippen LogP contribution in [0.25, 0.3) is 5.82 Å². The smallest absolute Gasteiger partial charge is 0.255 e. The van der Waals surface area contributed by atoms with Gasteiger partial charge in [-0.2, -0.15) is 0 Å². The van der Waals surface area contributed by atoms with Crippen LogP contribution in [0.3, 0.4) is 0 Å². The third-order valence-corrected chi connectivity index (χ3v) is 4.22. The molecule has 0 atom stereocenters. The van der Waals surface area contributed by atoms with Crippen LogP contribution in [-0.4, -0.2) is 61.7 Å². The summed E-state index contributed by atoms with van der Waals surface area (Å²) in [7, 11) is 0. The zero-order valence-corrected chi connectivity index (χ0v) is 13.6. The summed E-state index contributed by atoms with van der Waals surface area (Å²) in [5.41, 5.74) is 0.586. The van der Waals surface area contributed by atoms with Crippen molar-refractivity contribution in [2.24, 2.45) is 0 Å². The Labute approximate surface area is 144 Å². The summed E-state index contributed by atoms with van der Waals surface area (Å²) in [5.74, 6) is 1.64. The second-order valence-corrected chi connectivity index (χ2v) is 5.74. The van der Waals surface area contributed by atoms with Crippen molar-refractivity contribution >= 4 is 11.7 Å². The van der Waals surface area contributed by atoms with Gasteiger partial charge in [-0.25, -0.2) is 9.97 Å². The highest BCUT2D eigenvalue weighted by atomic mass is 16.2. The van der Waals surface area contributed by atoms with E-state index in [9.17, 15) is 4.79 Å². The summed E-state index contributed by atoms with van der Waals surface area (Å²) in [6.45, 7) is 2.88. The fourth-order valence-corrected chi connectivity index (χ4v) is 2.85. The summed E-state index contributed by atoms with van der Waals surface area (Å²) in [5, 5.41) is 7.50. The lowest BCUT2D eigenvalue weighted by molar-refractivity contribution is 0.0746. The van der Waals surface area contributed by atoms with Gasteiger partial charge in [0.2, 0.25) is 0 Å². The molecule has 4 rings (SSSR count). The predicted molar refractivity (Wildman–Crippen MR) is 91.5 cm³/mol. The van der Waals surface area contributed by atoms with Crippen LogP contribution >= 0.6 is 0 Å². The van der Waals surface area contributed by atoms with E-state index in [1.54, 1.807) is 41.7 Å². The molecule has 1 saturated heterocycles. The SMILES string of the molecule is O=C(c1ccc(-n2cnnc2)nc1)N1CCN(c2ccccn2)CC1. The largest absolute Gasteiger partial charge is 0.353 e. The minimum absolute atomic E-state index is 0.00322. The Morgan fingerprint density at radius 2 is 1.68 bits per heavy atom. The molecule has 0 aromatic carbocycles. The van der Waals surface area contributed by atoms with Crippen molar-refractivity contribution in [3.8, 4) is 5.82 Å². The lowest BCUT2D eigenvalue weighted by Gasteiger charge is -2.35. The quantitative estimate of drug-likeness (QED) is 0.711. The third-order valence-electron chi connectivity index (χ3n) is 4.22. The summed E-state index contributed by atoms with van der Waals surface area (Å²) in [6, 6.07) is 9.45. The van der Waals surface area contributed by atoms with Gasteiger partial charge in [-0.3, -0.25) is 9.36 Å². The molecular weight excluding hydrogens is 318 g/mol. The lowest BCUT2D eigenvalue weighted by atomic mass is 10.2. The first-order valence-corrected chi connectivity index (χ1v) is 8.07. The molecular formula is C17H17N7O. The van der Waals surface area contributed by atoms with E-state index < -0.39 is 0 Å². The van der Waals surface area contributed by atoms with Crippen molar-refractivity contribution < 1.29 is 4.79 Å². The van der Waals surface area contributed by atoms with E-state index in [4.69, 9.17) is 0 Å². The Morgan fingerprint density at radius 1 is 0.880 bits per heavy atom. The number of carbonyl (C=O) groups excluding carboxylic acids is 1. The van der Waals surface area contributed by atoms with Gasteiger partial charge < -0.3 is 9.80 Å². The van der Waals surface area contributed by atoms with E-state index in [-0.39, 0.29) is 5.91 Å². The second kappa shape index (κ2) is 6.68. The number of piperazine rings is 1. The molecule has 0 spiro atoms. The van der Waals surface area contributed by atoms with E-state index >= 15 is 0 Å². The van der Waals surface area contributed by atoms with Crippen LogP contribution in [0.2, 0.25) is 0 Å². The van der Waals surface area contributed by atoms with E-state index in [0.717, 1.165) is 18.9 Å². The number of amides is 1. The number of pyridine rings is 2. The number of rotatable bonds is 3. The van der Waals surface area contributed by atoms with Gasteiger partial charge in [-0.1, -0.05) is 6.07 Å². The number of anilines is 1. The normalized spacial score (nSPS) is 14.6. The molecule has 0 unspecified atom stereocenters. The lowest BCUT2D eigenvalue weighted by Crippen LogP contribution is -2.49. The van der Waals surface area contributed by atoms with Gasteiger partial charge in [-0.05, 0) is 24.3 Å². The van der Waals surface area contributed by atoms with Gasteiger partial charge in [0.15, 0.2) is 0 Å². The Morgan fingerprint density at radius 3 is 2.32 bits per heavy atom. The monoisotopic (exact) mass is 335 g/mol. The molecule has 3 aromatic heterocycles. The van der Waals surface area contributed by atoms with Crippen LogP contribution in [0.1, 0.15) is 10.4 Å². The van der Waals surface area contributed by atoms with Crippen molar-refractivity contribution in [3.05, 3.63) is 60.9 Å². The highest BCUT2D eigenvalue weighted by Gasteiger charge is 2.23. The third kappa shape index (κ3) is 3.18. The van der Waals surface area contributed by atoms with E-state index in [1.807, 2.05) is 23.1 Å². The number of carbonyl (C=O) groups is 1. The van der Waals surface area contributed by atoms with E-state index in [1.165, 1.54) is 0 Å². The molecule has 1 aliphatic rings. The molecule has 0 saturated carbocycles. The fraction of sp³-hybridized carbons (Fsp3) is 0.235. The molecule has 0 aliphatic carbocycles. The molecule has 0 N–H and O–H groups in total. The summed E-state index contributed by atoms with van der Waals surface area (Å²) < 4.78 is 1.69. The molecule has 25 heavy (non-hydrogen) atoms. The molecule has 1 fully saturated rings. The second-order valence-electron chi connectivity index (χ2n) is 5.74. The summed E-state index contributed by atoms with van der Waals surface area (Å²) >= 11 is 0. The van der Waals surface area contributed by atoms with Crippen LogP contribution in [0.15, 0.2) is 55.4 Å². The maximum absolute atomic E-state index is 12.7. The minimum atomic E-state index is 0.00322. The number of aromatic nitrogens is 5. The maximum Gasteiger partial charge on any atom is 0.255 e. The van der Waals surface area contributed by atoms with Gasteiger partial charge in [0.05, 0.1) is 5.56 Å². The Hall–Kier alpha value is -3.29. The van der Waals surface area contributed by atoms with Crippen molar-refractivity contribution in [2.75, 3.05) is 31.1 Å². The highest BCUT2D eigenvalue weighted by molar-refractivity contribution is 5.94. The first-order valence-electron chi connectivity index (χ1n) is 8.07. The van der Waals surface area contributed by atoms with Gasteiger partial charge >= 0.3 is 0 Å². The first-order chi connectivity index (χ1) is 12.3. The zero-order chi connectivity index (χ0) is 17.1. The zero-order valence-electron chi connectivity index (χ0n) is 13.6. The molecule has 1 aliphatic heterocycles. The molecule has 8 nitrogen and oxygen atoms in total. The first kappa shape index (κ1) is 15.3. The maximum atomic E-state index is 12.7. The van der Waals surface area contributed by atoms with Gasteiger partial charge in [0.25, 0.3) is 5.91 Å². The Balaban J connectivity index is 1.40. The standard InChI is InChI=1S/C17H17N7O/c25-17(14-4-5-16(19-11-14)24-12-20-21-13-24)23-9-7-22(8-10-23)15-3-1-2-6-18-15/h1-6,11-13H,7-10H2. The van der Waals surface area contributed by atoms with Crippen molar-refractivity contribution in [1.29, 1.82) is 0 Å². The fourth-order valence-electron chi connectivity index (χ4n) is 2.85. The molecule has 0 bridgehead atoms. The van der Waals surface area contributed by atoms with Crippen molar-refractivity contribution in [1.82, 2.24) is 29.6 Å². The Kier molecular flexibility index (Phi) is 4.07. The van der Waals surface area contributed by atoms with Gasteiger partial charge in [0, 0.05) is 38.6 Å². The van der Waals surface area contributed by atoms with Gasteiger partial charge in [0.1, 0.15) is 24.3 Å². The molecule has 3 aromatic rings. The van der Waals surface area contributed by atoms with Crippen LogP contribution in [0.4, 0.5) is 5.82 Å². The molecule has 0 radical (unpaired) electrons. The van der Waals surface area contributed by atoms with Crippen LogP contribution in [0.5, 0.6) is 0 Å². The number of nitrogens with zero attached hydrogens (tertiary/aromatic N) is 7. The molecule has 4 heterocycles. The van der Waals surface area contributed by atoms with Crippen LogP contribution in [0, 0.1) is 0 Å². The Bertz CT molecular complexity index is 825. The molecule has 126 valence electrons. The topological polar surface area (TPSA) is 80.0 Å². The van der Waals surface area contributed by atoms with Crippen LogP contribution < -0.4 is 4.90 Å². The van der Waals surface area contributed by atoms with E-state index in [0.29, 0.717) is 24.5 Å². The minimum Gasteiger partial charge on any atom is -0.353 e. The van der Waals surface area contributed by atoms with E-state index in [2.05, 4.69) is 25.1 Å².